The fourth-order valence-electron chi connectivity index (χ4n) is 1.59. The molecule has 0 aliphatic rings. The minimum atomic E-state index is -2.01. The van der Waals surface area contributed by atoms with Crippen molar-refractivity contribution in [1.82, 2.24) is 0 Å². The first-order chi connectivity index (χ1) is 5.59. The lowest BCUT2D eigenvalue weighted by atomic mass is 10.5. The Morgan fingerprint density at radius 3 is 1.38 bits per heavy atom. The van der Waals surface area contributed by atoms with E-state index in [4.69, 9.17) is 0 Å². The molecule has 0 N–H and O–H groups in total. The predicted molar refractivity (Wildman–Crippen MR) is 60.8 cm³/mol. The number of quaternary nitrogens is 1. The summed E-state index contributed by atoms with van der Waals surface area (Å²) in [5.41, 5.74) is 0.620. The number of hydrogen-bond acceptors (Lipinski definition) is 1. The van der Waals surface area contributed by atoms with Crippen LogP contribution >= 0.6 is 7.14 Å². The van der Waals surface area contributed by atoms with E-state index in [1.165, 1.54) is 0 Å². The van der Waals surface area contributed by atoms with E-state index >= 15 is 0 Å². The molecule has 0 aromatic carbocycles. The van der Waals surface area contributed by atoms with Gasteiger partial charge in [-0.05, 0) is 0 Å². The molecule has 0 unspecified atom stereocenters. The highest BCUT2D eigenvalue weighted by Gasteiger charge is 2.35. The van der Waals surface area contributed by atoms with Crippen molar-refractivity contribution in [2.24, 2.45) is 0 Å². The molecule has 0 bridgehead atoms. The maximum atomic E-state index is 12.6. The molecule has 0 atom stereocenters. The molecule has 2 nitrogen and oxygen atoms in total. The third kappa shape index (κ3) is 3.83. The molecule has 0 fully saturated rings. The second-order valence-corrected chi connectivity index (χ2v) is 9.53. The average Bonchev–Trinajstić information content (AvgIpc) is 1.82. The molecule has 0 radical (unpaired) electrons. The Morgan fingerprint density at radius 1 is 1.00 bits per heavy atom. The summed E-state index contributed by atoms with van der Waals surface area (Å²) in [5, 5.41) is 0. The molecule has 0 aromatic heterocycles. The van der Waals surface area contributed by atoms with Gasteiger partial charge in [0.25, 0.3) is 0 Å². The number of rotatable bonds is 4. The van der Waals surface area contributed by atoms with E-state index in [0.29, 0.717) is 11.3 Å². The molecular formula is C10H25NOP+. The molecule has 13 heavy (non-hydrogen) atoms. The van der Waals surface area contributed by atoms with Gasteiger partial charge in [0.05, 0.1) is 21.1 Å². The van der Waals surface area contributed by atoms with Gasteiger partial charge in [-0.2, -0.15) is 0 Å². The monoisotopic (exact) mass is 206 g/mol. The lowest BCUT2D eigenvalue weighted by Crippen LogP contribution is -2.37. The van der Waals surface area contributed by atoms with Gasteiger partial charge in [-0.25, -0.2) is 0 Å². The van der Waals surface area contributed by atoms with Crippen LogP contribution in [0.2, 0.25) is 0 Å². The lowest BCUT2D eigenvalue weighted by molar-refractivity contribution is -0.858. The predicted octanol–water partition coefficient (Wildman–Crippen LogP) is 2.83. The fourth-order valence-corrected chi connectivity index (χ4v) is 4.76. The van der Waals surface area contributed by atoms with Crippen molar-refractivity contribution in [2.45, 2.75) is 39.0 Å². The lowest BCUT2D eigenvalue weighted by Gasteiger charge is -2.33. The quantitative estimate of drug-likeness (QED) is 0.510. The van der Waals surface area contributed by atoms with Crippen molar-refractivity contribution in [2.75, 3.05) is 27.4 Å². The van der Waals surface area contributed by atoms with Gasteiger partial charge in [0, 0.05) is 11.3 Å². The minimum Gasteiger partial charge on any atom is -0.325 e. The Morgan fingerprint density at radius 2 is 1.31 bits per heavy atom. The molecule has 0 amide bonds. The summed E-state index contributed by atoms with van der Waals surface area (Å²) < 4.78 is 13.4. The van der Waals surface area contributed by atoms with Gasteiger partial charge in [0.1, 0.15) is 13.4 Å². The van der Waals surface area contributed by atoms with Gasteiger partial charge in [-0.1, -0.05) is 27.7 Å². The molecule has 0 saturated carbocycles. The zero-order valence-electron chi connectivity index (χ0n) is 10.2. The zero-order chi connectivity index (χ0) is 10.9. The molecule has 0 rings (SSSR count). The second kappa shape index (κ2) is 4.14. The first kappa shape index (κ1) is 13.2. The van der Waals surface area contributed by atoms with E-state index in [1.807, 2.05) is 0 Å². The summed E-state index contributed by atoms with van der Waals surface area (Å²) in [7, 11) is 4.31. The molecule has 0 saturated heterocycles. The van der Waals surface area contributed by atoms with Gasteiger partial charge < -0.3 is 9.05 Å². The number of hydrogen-bond donors (Lipinski definition) is 0. The van der Waals surface area contributed by atoms with Crippen LogP contribution in [0.3, 0.4) is 0 Å². The molecule has 0 aliphatic carbocycles. The summed E-state index contributed by atoms with van der Waals surface area (Å²) in [6, 6.07) is 0. The zero-order valence-corrected chi connectivity index (χ0v) is 11.1. The van der Waals surface area contributed by atoms with E-state index in [-0.39, 0.29) is 0 Å². The fraction of sp³-hybridized carbons (Fsp3) is 1.00. The van der Waals surface area contributed by atoms with Crippen LogP contribution in [0.25, 0.3) is 0 Å². The Labute approximate surface area is 83.3 Å². The van der Waals surface area contributed by atoms with E-state index in [1.54, 1.807) is 0 Å². The summed E-state index contributed by atoms with van der Waals surface area (Å²) >= 11 is 0. The third-order valence-electron chi connectivity index (χ3n) is 2.39. The van der Waals surface area contributed by atoms with Crippen molar-refractivity contribution >= 4 is 7.14 Å². The Bertz CT molecular complexity index is 191. The van der Waals surface area contributed by atoms with Crippen LogP contribution in [0.4, 0.5) is 0 Å². The van der Waals surface area contributed by atoms with Crippen LogP contribution < -0.4 is 0 Å². The Balaban J connectivity index is 4.74. The first-order valence-corrected chi connectivity index (χ1v) is 7.01. The summed E-state index contributed by atoms with van der Waals surface area (Å²) in [6.45, 7) is 8.32. The van der Waals surface area contributed by atoms with E-state index in [9.17, 15) is 4.57 Å². The van der Waals surface area contributed by atoms with E-state index in [0.717, 1.165) is 10.8 Å². The Kier molecular flexibility index (Phi) is 4.21. The minimum absolute atomic E-state index is 0.310. The van der Waals surface area contributed by atoms with Crippen molar-refractivity contribution in [1.29, 1.82) is 0 Å². The summed E-state index contributed by atoms with van der Waals surface area (Å²) in [5.74, 6) is 0. The Hall–Kier alpha value is 0.190. The molecular weight excluding hydrogens is 181 g/mol. The highest BCUT2D eigenvalue weighted by atomic mass is 31.2. The van der Waals surface area contributed by atoms with Crippen LogP contribution in [-0.4, -0.2) is 43.2 Å². The molecule has 80 valence electrons. The molecule has 0 heterocycles. The van der Waals surface area contributed by atoms with Crippen LogP contribution in [0.15, 0.2) is 0 Å². The van der Waals surface area contributed by atoms with Crippen molar-refractivity contribution in [3.05, 3.63) is 0 Å². The number of nitrogens with zero attached hydrogens (tertiary/aromatic N) is 1. The van der Waals surface area contributed by atoms with Crippen molar-refractivity contribution in [3.63, 3.8) is 0 Å². The van der Waals surface area contributed by atoms with Crippen molar-refractivity contribution < 1.29 is 9.05 Å². The topological polar surface area (TPSA) is 17.1 Å². The summed E-state index contributed by atoms with van der Waals surface area (Å²) in [4.78, 5) is 0. The highest BCUT2D eigenvalue weighted by molar-refractivity contribution is 7.65. The molecule has 3 heteroatoms. The van der Waals surface area contributed by atoms with Crippen LogP contribution in [0.5, 0.6) is 0 Å². The van der Waals surface area contributed by atoms with Gasteiger partial charge in [0.15, 0.2) is 0 Å². The van der Waals surface area contributed by atoms with Crippen LogP contribution in [-0.2, 0) is 4.57 Å². The normalized spacial score (nSPS) is 14.2. The third-order valence-corrected chi connectivity index (χ3v) is 7.18. The highest BCUT2D eigenvalue weighted by Crippen LogP contribution is 2.55. The van der Waals surface area contributed by atoms with Crippen LogP contribution in [0.1, 0.15) is 27.7 Å². The summed E-state index contributed by atoms with van der Waals surface area (Å²) in [6.07, 6.45) is 0.808. The maximum Gasteiger partial charge on any atom is 0.144 e. The van der Waals surface area contributed by atoms with Gasteiger partial charge >= 0.3 is 0 Å². The van der Waals surface area contributed by atoms with E-state index < -0.39 is 7.14 Å². The van der Waals surface area contributed by atoms with Gasteiger partial charge in [-0.3, -0.25) is 0 Å². The standard InChI is InChI=1S/C10H25NOP/c1-9(2)13(12,10(3)4)8-11(5,6)7/h9-10H,8H2,1-7H3/q+1. The molecule has 0 aromatic rings. The van der Waals surface area contributed by atoms with Crippen molar-refractivity contribution in [3.8, 4) is 0 Å². The largest absolute Gasteiger partial charge is 0.325 e. The first-order valence-electron chi connectivity index (χ1n) is 4.98. The average molecular weight is 206 g/mol. The molecule has 0 spiro atoms. The second-order valence-electron chi connectivity index (χ2n) is 5.47. The smallest absolute Gasteiger partial charge is 0.144 e. The van der Waals surface area contributed by atoms with Gasteiger partial charge in [0.2, 0.25) is 0 Å². The maximum absolute atomic E-state index is 12.6. The van der Waals surface area contributed by atoms with Gasteiger partial charge in [-0.15, -0.1) is 0 Å². The molecule has 0 aliphatic heterocycles. The van der Waals surface area contributed by atoms with E-state index in [2.05, 4.69) is 48.8 Å². The van der Waals surface area contributed by atoms with Crippen LogP contribution in [0, 0.1) is 0 Å². The SMILES string of the molecule is CC(C)P(=O)(C[N+](C)(C)C)C(C)C.